The van der Waals surface area contributed by atoms with Crippen LogP contribution in [0, 0.1) is 5.92 Å². The molecule has 1 heterocycles. The lowest BCUT2D eigenvalue weighted by Crippen LogP contribution is -2.37. The summed E-state index contributed by atoms with van der Waals surface area (Å²) >= 11 is 1.58. The molecule has 1 aromatic heterocycles. The second-order valence-electron chi connectivity index (χ2n) is 7.70. The third-order valence-electron chi connectivity index (χ3n) is 5.47. The van der Waals surface area contributed by atoms with Crippen LogP contribution in [0.1, 0.15) is 53.7 Å². The van der Waals surface area contributed by atoms with Crippen molar-refractivity contribution < 1.29 is 14.4 Å². The molecule has 3 amide bonds. The second kappa shape index (κ2) is 9.89. The summed E-state index contributed by atoms with van der Waals surface area (Å²) in [5, 5.41) is 5.50. The highest BCUT2D eigenvalue weighted by Gasteiger charge is 2.25. The monoisotopic (exact) mass is 427 g/mol. The van der Waals surface area contributed by atoms with Gasteiger partial charge in [-0.2, -0.15) is 0 Å². The number of nitrogens with one attached hydrogen (secondary N) is 2. The molecule has 0 bridgehead atoms. The number of rotatable bonds is 7. The normalized spacial score (nSPS) is 15.2. The van der Waals surface area contributed by atoms with Crippen molar-refractivity contribution >= 4 is 40.4 Å². The molecule has 2 N–H and O–H groups in total. The molecule has 0 aliphatic heterocycles. The highest BCUT2D eigenvalue weighted by atomic mass is 32.1. The number of carbonyl (C=O) groups is 3. The summed E-state index contributed by atoms with van der Waals surface area (Å²) < 4.78 is 0. The van der Waals surface area contributed by atoms with E-state index < -0.39 is 0 Å². The molecule has 7 heteroatoms. The molecule has 0 fully saturated rings. The van der Waals surface area contributed by atoms with Gasteiger partial charge in [-0.1, -0.05) is 13.3 Å². The van der Waals surface area contributed by atoms with Crippen LogP contribution >= 0.6 is 11.3 Å². The number of hydrogen-bond acceptors (Lipinski definition) is 4. The summed E-state index contributed by atoms with van der Waals surface area (Å²) in [7, 11) is 0. The lowest BCUT2D eigenvalue weighted by molar-refractivity contribution is -0.117. The minimum Gasteiger partial charge on any atom is -0.329 e. The molecule has 1 aliphatic carbocycles. The molecule has 1 atom stereocenters. The standard InChI is InChI=1S/C23H29N3O3S/c1-4-16-6-11-20-17(12-16)13-21(30-20)23(29)26(5-2)14-22(28)25-19-9-7-18(8-10-19)24-15(3)27/h7-10,13,16H,4-6,11-12,14H2,1-3H3,(H,24,27)(H,25,28). The molecule has 1 unspecified atom stereocenters. The summed E-state index contributed by atoms with van der Waals surface area (Å²) in [5.74, 6) is 0.232. The van der Waals surface area contributed by atoms with Crippen LogP contribution in [-0.4, -0.2) is 35.7 Å². The predicted octanol–water partition coefficient (Wildman–Crippen LogP) is 4.32. The highest BCUT2D eigenvalue weighted by Crippen LogP contribution is 2.34. The Bertz CT molecular complexity index is 920. The molecular formula is C23H29N3O3S. The van der Waals surface area contributed by atoms with Crippen LogP contribution in [-0.2, 0) is 22.4 Å². The van der Waals surface area contributed by atoms with Gasteiger partial charge in [-0.3, -0.25) is 14.4 Å². The lowest BCUT2D eigenvalue weighted by Gasteiger charge is -2.20. The molecule has 2 aromatic rings. The average Bonchev–Trinajstić information content (AvgIpc) is 3.15. The number of fused-ring (bicyclic) bond motifs is 1. The first-order valence-electron chi connectivity index (χ1n) is 10.5. The molecule has 0 saturated heterocycles. The Kier molecular flexibility index (Phi) is 7.26. The maximum atomic E-state index is 13.0. The Hall–Kier alpha value is -2.67. The topological polar surface area (TPSA) is 78.5 Å². The number of thiophene rings is 1. The number of anilines is 2. The SMILES string of the molecule is CCC1CCc2sc(C(=O)N(CC)CC(=O)Nc3ccc(NC(C)=O)cc3)cc2C1. The van der Waals surface area contributed by atoms with Crippen LogP contribution in [0.15, 0.2) is 30.3 Å². The zero-order valence-electron chi connectivity index (χ0n) is 17.8. The van der Waals surface area contributed by atoms with E-state index in [0.717, 1.165) is 17.7 Å². The van der Waals surface area contributed by atoms with Crippen LogP contribution in [0.5, 0.6) is 0 Å². The lowest BCUT2D eigenvalue weighted by atomic mass is 9.87. The van der Waals surface area contributed by atoms with Gasteiger partial charge >= 0.3 is 0 Å². The third-order valence-corrected chi connectivity index (χ3v) is 6.69. The van der Waals surface area contributed by atoms with Crippen molar-refractivity contribution in [3.63, 3.8) is 0 Å². The van der Waals surface area contributed by atoms with Crippen LogP contribution < -0.4 is 10.6 Å². The van der Waals surface area contributed by atoms with E-state index in [1.165, 1.54) is 30.2 Å². The minimum absolute atomic E-state index is 0.00291. The first-order chi connectivity index (χ1) is 14.4. The summed E-state index contributed by atoms with van der Waals surface area (Å²) in [4.78, 5) is 40.2. The van der Waals surface area contributed by atoms with Gasteiger partial charge in [-0.05, 0) is 68.0 Å². The first-order valence-corrected chi connectivity index (χ1v) is 11.3. The highest BCUT2D eigenvalue weighted by molar-refractivity contribution is 7.14. The van der Waals surface area contributed by atoms with Crippen molar-refractivity contribution in [3.8, 4) is 0 Å². The molecule has 30 heavy (non-hydrogen) atoms. The van der Waals surface area contributed by atoms with E-state index >= 15 is 0 Å². The fourth-order valence-electron chi connectivity index (χ4n) is 3.75. The number of carbonyl (C=O) groups excluding carboxylic acids is 3. The van der Waals surface area contributed by atoms with Gasteiger partial charge in [0.1, 0.15) is 6.54 Å². The van der Waals surface area contributed by atoms with Gasteiger partial charge in [0.25, 0.3) is 5.91 Å². The number of nitrogens with zero attached hydrogens (tertiary/aromatic N) is 1. The van der Waals surface area contributed by atoms with Crippen molar-refractivity contribution in [3.05, 3.63) is 45.6 Å². The Balaban J connectivity index is 1.60. The number of amides is 3. The van der Waals surface area contributed by atoms with Gasteiger partial charge in [-0.25, -0.2) is 0 Å². The molecular weight excluding hydrogens is 398 g/mol. The number of benzene rings is 1. The van der Waals surface area contributed by atoms with Gasteiger partial charge in [0.2, 0.25) is 11.8 Å². The van der Waals surface area contributed by atoms with E-state index in [0.29, 0.717) is 23.8 Å². The van der Waals surface area contributed by atoms with E-state index in [2.05, 4.69) is 17.6 Å². The molecule has 3 rings (SSSR count). The maximum absolute atomic E-state index is 13.0. The molecule has 0 radical (unpaired) electrons. The fourth-order valence-corrected chi connectivity index (χ4v) is 4.93. The van der Waals surface area contributed by atoms with E-state index in [-0.39, 0.29) is 24.3 Å². The van der Waals surface area contributed by atoms with Crippen LogP contribution in [0.2, 0.25) is 0 Å². The van der Waals surface area contributed by atoms with Crippen molar-refractivity contribution in [2.75, 3.05) is 23.7 Å². The average molecular weight is 428 g/mol. The largest absolute Gasteiger partial charge is 0.329 e. The maximum Gasteiger partial charge on any atom is 0.264 e. The number of aryl methyl sites for hydroxylation is 1. The zero-order valence-corrected chi connectivity index (χ0v) is 18.6. The summed E-state index contributed by atoms with van der Waals surface area (Å²) in [6.07, 6.45) is 4.47. The van der Waals surface area contributed by atoms with Crippen LogP contribution in [0.4, 0.5) is 11.4 Å². The van der Waals surface area contributed by atoms with E-state index in [1.54, 1.807) is 40.5 Å². The van der Waals surface area contributed by atoms with Crippen LogP contribution in [0.3, 0.4) is 0 Å². The summed E-state index contributed by atoms with van der Waals surface area (Å²) in [5.41, 5.74) is 2.59. The Labute approximate surface area is 181 Å². The fraction of sp³-hybridized carbons (Fsp3) is 0.435. The molecule has 0 spiro atoms. The molecule has 1 aliphatic rings. The smallest absolute Gasteiger partial charge is 0.264 e. The van der Waals surface area contributed by atoms with Crippen LogP contribution in [0.25, 0.3) is 0 Å². The van der Waals surface area contributed by atoms with E-state index in [9.17, 15) is 14.4 Å². The zero-order chi connectivity index (χ0) is 21.7. The molecule has 160 valence electrons. The quantitative estimate of drug-likeness (QED) is 0.691. The van der Waals surface area contributed by atoms with Gasteiger partial charge in [-0.15, -0.1) is 11.3 Å². The van der Waals surface area contributed by atoms with E-state index in [1.807, 2.05) is 13.0 Å². The van der Waals surface area contributed by atoms with Gasteiger partial charge in [0.05, 0.1) is 4.88 Å². The van der Waals surface area contributed by atoms with Gasteiger partial charge < -0.3 is 15.5 Å². The predicted molar refractivity (Wildman–Crippen MR) is 121 cm³/mol. The van der Waals surface area contributed by atoms with Crippen molar-refractivity contribution in [1.29, 1.82) is 0 Å². The second-order valence-corrected chi connectivity index (χ2v) is 8.84. The molecule has 0 saturated carbocycles. The Morgan fingerprint density at radius 2 is 1.77 bits per heavy atom. The molecule has 1 aromatic carbocycles. The summed E-state index contributed by atoms with van der Waals surface area (Å²) in [6, 6.07) is 8.92. The van der Waals surface area contributed by atoms with Gasteiger partial charge in [0.15, 0.2) is 0 Å². The van der Waals surface area contributed by atoms with Crippen molar-refractivity contribution in [1.82, 2.24) is 4.90 Å². The van der Waals surface area contributed by atoms with Gasteiger partial charge in [0, 0.05) is 29.7 Å². The Morgan fingerprint density at radius 3 is 2.37 bits per heavy atom. The number of likely N-dealkylation sites (N-methyl/N-ethyl adjacent to an activating group) is 1. The first kappa shape index (κ1) is 22.0. The van der Waals surface area contributed by atoms with E-state index in [4.69, 9.17) is 0 Å². The van der Waals surface area contributed by atoms with Crippen molar-refractivity contribution in [2.24, 2.45) is 5.92 Å². The Morgan fingerprint density at radius 1 is 1.10 bits per heavy atom. The van der Waals surface area contributed by atoms with Crippen molar-refractivity contribution in [2.45, 2.75) is 46.5 Å². The third kappa shape index (κ3) is 5.48. The molecule has 6 nitrogen and oxygen atoms in total. The number of hydrogen-bond donors (Lipinski definition) is 2. The minimum atomic E-state index is -0.246. The summed E-state index contributed by atoms with van der Waals surface area (Å²) in [6.45, 7) is 6.02.